The average Bonchev–Trinajstić information content (AvgIpc) is 3.44. The molecule has 146 valence electrons. The number of rotatable bonds is 6. The molecule has 1 aliphatic heterocycles. The van der Waals surface area contributed by atoms with E-state index < -0.39 is 10.0 Å². The van der Waals surface area contributed by atoms with E-state index in [0.29, 0.717) is 19.6 Å². The van der Waals surface area contributed by atoms with Crippen LogP contribution in [0.15, 0.2) is 59.8 Å². The zero-order chi connectivity index (χ0) is 19.6. The molecular weight excluding hydrogens is 378 g/mol. The molecule has 0 bridgehead atoms. The molecule has 0 saturated carbocycles. The molecule has 2 N–H and O–H groups in total. The zero-order valence-electron chi connectivity index (χ0n) is 15.2. The number of aromatic amines is 1. The lowest BCUT2D eigenvalue weighted by Gasteiger charge is -2.13. The Kier molecular flexibility index (Phi) is 4.91. The van der Waals surface area contributed by atoms with Crippen molar-refractivity contribution in [1.82, 2.24) is 19.7 Å². The third-order valence-electron chi connectivity index (χ3n) is 4.66. The number of nitrogens with one attached hydrogen (secondary N) is 2. The second-order valence-electron chi connectivity index (χ2n) is 6.74. The van der Waals surface area contributed by atoms with Gasteiger partial charge in [-0.05, 0) is 24.5 Å². The first-order chi connectivity index (χ1) is 13.5. The van der Waals surface area contributed by atoms with Gasteiger partial charge in [-0.25, -0.2) is 8.42 Å². The van der Waals surface area contributed by atoms with E-state index in [0.717, 1.165) is 18.4 Å². The summed E-state index contributed by atoms with van der Waals surface area (Å²) in [6.45, 7) is 1.95. The van der Waals surface area contributed by atoms with Gasteiger partial charge >= 0.3 is 0 Å². The first-order valence-electron chi connectivity index (χ1n) is 9.09. The third-order valence-corrected chi connectivity index (χ3v) is 5.99. The lowest BCUT2D eigenvalue weighted by Crippen LogP contribution is -2.27. The Morgan fingerprint density at radius 1 is 1.14 bits per heavy atom. The minimum absolute atomic E-state index is 0.00709. The lowest BCUT2D eigenvalue weighted by molar-refractivity contribution is 0.0787. The molecule has 0 radical (unpaired) electrons. The molecule has 1 amide bonds. The van der Waals surface area contributed by atoms with Gasteiger partial charge in [0.2, 0.25) is 0 Å². The minimum atomic E-state index is -3.84. The largest absolute Gasteiger partial charge is 0.356 e. The maximum Gasteiger partial charge on any atom is 0.270 e. The van der Waals surface area contributed by atoms with Gasteiger partial charge in [-0.2, -0.15) is 5.10 Å². The topological polar surface area (TPSA) is 100 Å². The van der Waals surface area contributed by atoms with Crippen LogP contribution >= 0.6 is 0 Å². The smallest absolute Gasteiger partial charge is 0.270 e. The van der Waals surface area contributed by atoms with E-state index in [2.05, 4.69) is 14.8 Å². The second-order valence-corrected chi connectivity index (χ2v) is 8.42. The molecule has 3 aromatic rings. The highest BCUT2D eigenvalue weighted by atomic mass is 32.2. The number of sulfonamides is 1. The molecule has 1 saturated heterocycles. The van der Waals surface area contributed by atoms with Gasteiger partial charge in [-0.3, -0.25) is 14.2 Å². The number of hydrogen-bond acceptors (Lipinski definition) is 4. The maximum atomic E-state index is 12.6. The first-order valence-corrected chi connectivity index (χ1v) is 10.6. The van der Waals surface area contributed by atoms with Crippen LogP contribution in [-0.2, 0) is 16.6 Å². The van der Waals surface area contributed by atoms with E-state index in [1.165, 1.54) is 12.3 Å². The van der Waals surface area contributed by atoms with E-state index in [1.54, 1.807) is 21.8 Å². The van der Waals surface area contributed by atoms with Gasteiger partial charge in [0.1, 0.15) is 10.6 Å². The number of aromatic nitrogens is 3. The fraction of sp³-hybridized carbons (Fsp3) is 0.263. The van der Waals surface area contributed by atoms with Crippen LogP contribution in [0.5, 0.6) is 0 Å². The van der Waals surface area contributed by atoms with Crippen molar-refractivity contribution in [2.75, 3.05) is 17.8 Å². The molecular formula is C19H21N5O3S. The fourth-order valence-electron chi connectivity index (χ4n) is 3.21. The highest BCUT2D eigenvalue weighted by Gasteiger charge is 2.24. The Morgan fingerprint density at radius 3 is 2.64 bits per heavy atom. The van der Waals surface area contributed by atoms with Crippen LogP contribution in [0.3, 0.4) is 0 Å². The van der Waals surface area contributed by atoms with Crippen molar-refractivity contribution in [3.8, 4) is 0 Å². The van der Waals surface area contributed by atoms with E-state index in [9.17, 15) is 13.2 Å². The molecule has 1 aromatic carbocycles. The SMILES string of the molecule is O=C(c1cc(S(=O)(=O)Nc2ccn(Cc3ccccc3)n2)c[nH]1)N1CCCC1. The molecule has 1 fully saturated rings. The normalized spacial score (nSPS) is 14.4. The number of hydrogen-bond donors (Lipinski definition) is 2. The predicted octanol–water partition coefficient (Wildman–Crippen LogP) is 2.30. The summed E-state index contributed by atoms with van der Waals surface area (Å²) in [5.74, 6) is 0.0515. The Balaban J connectivity index is 1.45. The van der Waals surface area contributed by atoms with Gasteiger partial charge in [0.15, 0.2) is 5.82 Å². The summed E-state index contributed by atoms with van der Waals surface area (Å²) in [7, 11) is -3.84. The van der Waals surface area contributed by atoms with Crippen molar-refractivity contribution >= 4 is 21.7 Å². The third kappa shape index (κ3) is 3.94. The molecule has 28 heavy (non-hydrogen) atoms. The van der Waals surface area contributed by atoms with Gasteiger partial charge in [-0.1, -0.05) is 30.3 Å². The average molecular weight is 399 g/mol. The van der Waals surface area contributed by atoms with Gasteiger partial charge in [-0.15, -0.1) is 0 Å². The minimum Gasteiger partial charge on any atom is -0.356 e. The van der Waals surface area contributed by atoms with Gasteiger partial charge < -0.3 is 9.88 Å². The van der Waals surface area contributed by atoms with Crippen molar-refractivity contribution in [3.05, 3.63) is 66.1 Å². The number of H-pyrrole nitrogens is 1. The van der Waals surface area contributed by atoms with Gasteiger partial charge in [0.25, 0.3) is 15.9 Å². The standard InChI is InChI=1S/C19H21N5O3S/c25-19(23-9-4-5-10-23)17-12-16(13-20-17)28(26,27)22-18-8-11-24(21-18)14-15-6-2-1-3-7-15/h1-3,6-8,11-13,20H,4-5,9-10,14H2,(H,21,22). The molecule has 0 unspecified atom stereocenters. The number of benzene rings is 1. The Hall–Kier alpha value is -3.07. The Bertz CT molecular complexity index is 1070. The van der Waals surface area contributed by atoms with Crippen LogP contribution in [0, 0.1) is 0 Å². The Morgan fingerprint density at radius 2 is 1.89 bits per heavy atom. The monoisotopic (exact) mass is 399 g/mol. The summed E-state index contributed by atoms with van der Waals surface area (Å²) < 4.78 is 29.4. The van der Waals surface area contributed by atoms with E-state index in [4.69, 9.17) is 0 Å². The molecule has 1 aliphatic rings. The molecule has 4 rings (SSSR count). The molecule has 0 atom stereocenters. The number of anilines is 1. The van der Waals surface area contributed by atoms with E-state index in [1.807, 2.05) is 30.3 Å². The molecule has 2 aromatic heterocycles. The first kappa shape index (κ1) is 18.3. The quantitative estimate of drug-likeness (QED) is 0.664. The van der Waals surface area contributed by atoms with Crippen LogP contribution in [0.25, 0.3) is 0 Å². The number of likely N-dealkylation sites (tertiary alicyclic amines) is 1. The summed E-state index contributed by atoms with van der Waals surface area (Å²) >= 11 is 0. The number of amides is 1. The number of nitrogens with zero attached hydrogens (tertiary/aromatic N) is 3. The Labute approximate surface area is 163 Å². The highest BCUT2D eigenvalue weighted by molar-refractivity contribution is 7.92. The van der Waals surface area contributed by atoms with Crippen molar-refractivity contribution in [2.45, 2.75) is 24.3 Å². The van der Waals surface area contributed by atoms with Crippen molar-refractivity contribution in [1.29, 1.82) is 0 Å². The summed E-state index contributed by atoms with van der Waals surface area (Å²) in [5.41, 5.74) is 1.34. The molecule has 0 aliphatic carbocycles. The number of carbonyl (C=O) groups excluding carboxylic acids is 1. The summed E-state index contributed by atoms with van der Waals surface area (Å²) in [6, 6.07) is 12.7. The maximum absolute atomic E-state index is 12.6. The highest BCUT2D eigenvalue weighted by Crippen LogP contribution is 2.18. The van der Waals surface area contributed by atoms with Gasteiger partial charge in [0, 0.05) is 31.5 Å². The number of carbonyl (C=O) groups is 1. The lowest BCUT2D eigenvalue weighted by atomic mass is 10.2. The summed E-state index contributed by atoms with van der Waals surface area (Å²) in [5, 5.41) is 4.26. The molecule has 0 spiro atoms. The van der Waals surface area contributed by atoms with Gasteiger partial charge in [0.05, 0.1) is 6.54 Å². The molecule has 3 heterocycles. The summed E-state index contributed by atoms with van der Waals surface area (Å²) in [6.07, 6.45) is 4.99. The van der Waals surface area contributed by atoms with Crippen molar-refractivity contribution in [3.63, 3.8) is 0 Å². The second kappa shape index (κ2) is 7.51. The van der Waals surface area contributed by atoms with Crippen LogP contribution in [0.4, 0.5) is 5.82 Å². The van der Waals surface area contributed by atoms with Crippen molar-refractivity contribution < 1.29 is 13.2 Å². The fourth-order valence-corrected chi connectivity index (χ4v) is 4.20. The van der Waals surface area contributed by atoms with Crippen LogP contribution < -0.4 is 4.72 Å². The van der Waals surface area contributed by atoms with E-state index >= 15 is 0 Å². The summed E-state index contributed by atoms with van der Waals surface area (Å²) in [4.78, 5) is 16.9. The van der Waals surface area contributed by atoms with Crippen LogP contribution in [0.2, 0.25) is 0 Å². The zero-order valence-corrected chi connectivity index (χ0v) is 16.0. The van der Waals surface area contributed by atoms with Crippen LogP contribution in [0.1, 0.15) is 28.9 Å². The predicted molar refractivity (Wildman–Crippen MR) is 105 cm³/mol. The van der Waals surface area contributed by atoms with Crippen molar-refractivity contribution in [2.24, 2.45) is 0 Å². The molecule has 9 heteroatoms. The molecule has 8 nitrogen and oxygen atoms in total. The van der Waals surface area contributed by atoms with Crippen LogP contribution in [-0.4, -0.2) is 47.1 Å². The van der Waals surface area contributed by atoms with E-state index in [-0.39, 0.29) is 22.3 Å².